The van der Waals surface area contributed by atoms with E-state index in [2.05, 4.69) is 49.8 Å². The quantitative estimate of drug-likeness (QED) is 0.563. The van der Waals surface area contributed by atoms with Gasteiger partial charge < -0.3 is 4.43 Å². The lowest BCUT2D eigenvalue weighted by atomic mass is 10.3. The summed E-state index contributed by atoms with van der Waals surface area (Å²) in [6.07, 6.45) is 0. The number of hydrogen-bond donors (Lipinski definition) is 0. The molecule has 0 aliphatic carbocycles. The summed E-state index contributed by atoms with van der Waals surface area (Å²) in [4.78, 5) is 0. The summed E-state index contributed by atoms with van der Waals surface area (Å²) >= 11 is 3.39. The van der Waals surface area contributed by atoms with Crippen molar-refractivity contribution in [3.63, 3.8) is 0 Å². The molecule has 0 aliphatic heterocycles. The lowest BCUT2D eigenvalue weighted by Gasteiger charge is -2.29. The Hall–Kier alpha value is 0.874. The van der Waals surface area contributed by atoms with Crippen molar-refractivity contribution in [3.05, 3.63) is 0 Å². The summed E-state index contributed by atoms with van der Waals surface area (Å²) in [5, 5.41) is 1.52. The van der Waals surface area contributed by atoms with Crippen LogP contribution in [0.5, 0.6) is 0 Å². The minimum atomic E-state index is -1.25. The molecule has 0 spiro atoms. The number of rotatable bonds is 4. The zero-order valence-electron chi connectivity index (χ0n) is 8.91. The van der Waals surface area contributed by atoms with Crippen LogP contribution in [0.2, 0.25) is 18.1 Å². The highest BCUT2D eigenvalue weighted by atomic mass is 79.9. The van der Waals surface area contributed by atoms with Gasteiger partial charge in [0.1, 0.15) is 0 Å². The zero-order chi connectivity index (χ0) is 9.83. The van der Waals surface area contributed by atoms with Crippen molar-refractivity contribution < 1.29 is 4.43 Å². The Morgan fingerprint density at radius 3 is 2.17 bits per heavy atom. The molecule has 0 aliphatic rings. The Bertz CT molecular complexity index is 132. The molecule has 0 bridgehead atoms. The second-order valence-electron chi connectivity index (χ2n) is 5.03. The molecule has 0 N–H and O–H groups in total. The lowest BCUT2D eigenvalue weighted by Crippen LogP contribution is -2.43. The fourth-order valence-corrected chi connectivity index (χ4v) is 13.8. The first-order chi connectivity index (χ1) is 5.27. The van der Waals surface area contributed by atoms with E-state index < -0.39 is 7.83 Å². The van der Waals surface area contributed by atoms with Crippen LogP contribution in [0.1, 0.15) is 20.8 Å². The van der Waals surface area contributed by atoms with Gasteiger partial charge in [0, 0.05) is 11.9 Å². The van der Waals surface area contributed by atoms with E-state index in [0.29, 0.717) is 5.04 Å². The molecule has 0 rings (SSSR count). The molecule has 74 valence electrons. The van der Waals surface area contributed by atoms with Crippen molar-refractivity contribution in [2.45, 2.75) is 38.9 Å². The Labute approximate surface area is 88.1 Å². The summed E-state index contributed by atoms with van der Waals surface area (Å²) in [5.41, 5.74) is 0. The van der Waals surface area contributed by atoms with Gasteiger partial charge in [0.05, 0.1) is 9.04 Å². The monoisotopic (exact) mass is 268 g/mol. The topological polar surface area (TPSA) is 9.23 Å². The van der Waals surface area contributed by atoms with Gasteiger partial charge >= 0.3 is 0 Å². The van der Waals surface area contributed by atoms with Gasteiger partial charge in [-0.3, -0.25) is 0 Å². The van der Waals surface area contributed by atoms with Gasteiger partial charge in [-0.1, -0.05) is 36.7 Å². The van der Waals surface area contributed by atoms with E-state index >= 15 is 0 Å². The molecular formula is C8H21BrOSi2. The Balaban J connectivity index is 3.86. The van der Waals surface area contributed by atoms with Crippen molar-refractivity contribution in [2.75, 3.05) is 11.9 Å². The van der Waals surface area contributed by atoms with Crippen LogP contribution in [0.3, 0.4) is 0 Å². The average Bonchev–Trinajstić information content (AvgIpc) is 1.78. The zero-order valence-corrected chi connectivity index (χ0v) is 12.9. The van der Waals surface area contributed by atoms with E-state index in [1.165, 1.54) is 0 Å². The number of halogens is 1. The summed E-state index contributed by atoms with van der Waals surface area (Å²) in [6.45, 7) is 12.6. The molecule has 0 aromatic heterocycles. The van der Waals surface area contributed by atoms with Gasteiger partial charge in [-0.05, 0) is 18.1 Å². The average molecular weight is 269 g/mol. The van der Waals surface area contributed by atoms with Crippen LogP contribution in [0, 0.1) is 0 Å². The molecule has 12 heavy (non-hydrogen) atoms. The van der Waals surface area contributed by atoms with Crippen molar-refractivity contribution in [3.8, 4) is 0 Å². The first kappa shape index (κ1) is 12.9. The lowest BCUT2D eigenvalue weighted by molar-refractivity contribution is 0.347. The standard InChI is InChI=1S/C8H21BrOSi2/c1-8(2,3)11-12(4,5)10-7-6-9/h6-7,11H2,1-5H3. The maximum Gasteiger partial charge on any atom is 0.167 e. The minimum absolute atomic E-state index is 0.0469. The molecule has 0 saturated heterocycles. The third-order valence-corrected chi connectivity index (χ3v) is 11.1. The van der Waals surface area contributed by atoms with E-state index in [1.54, 1.807) is 0 Å². The predicted octanol–water partition coefficient (Wildman–Crippen LogP) is 2.49. The molecule has 0 amide bonds. The fourth-order valence-electron chi connectivity index (χ4n) is 1.64. The first-order valence-electron chi connectivity index (χ1n) is 4.47. The van der Waals surface area contributed by atoms with Crippen LogP contribution in [0.15, 0.2) is 0 Å². The number of alkyl halides is 1. The first-order valence-corrected chi connectivity index (χ1v) is 11.5. The highest BCUT2D eigenvalue weighted by Gasteiger charge is 2.29. The summed E-state index contributed by atoms with van der Waals surface area (Å²) in [7, 11) is -1.30. The molecule has 0 saturated carbocycles. The third kappa shape index (κ3) is 7.52. The summed E-state index contributed by atoms with van der Waals surface area (Å²) in [5.74, 6) is 0. The van der Waals surface area contributed by atoms with Crippen LogP contribution >= 0.6 is 15.9 Å². The molecule has 1 nitrogen and oxygen atoms in total. The van der Waals surface area contributed by atoms with Crippen LogP contribution in [-0.2, 0) is 4.43 Å². The maximum atomic E-state index is 5.91. The Kier molecular flexibility index (Phi) is 5.29. The molecule has 4 heteroatoms. The van der Waals surface area contributed by atoms with E-state index in [1.807, 2.05) is 0 Å². The second-order valence-corrected chi connectivity index (χ2v) is 18.3. The maximum absolute atomic E-state index is 5.91. The van der Waals surface area contributed by atoms with Crippen molar-refractivity contribution in [1.82, 2.24) is 0 Å². The van der Waals surface area contributed by atoms with Gasteiger partial charge in [-0.15, -0.1) is 0 Å². The molecule has 0 atom stereocenters. The predicted molar refractivity (Wildman–Crippen MR) is 65.5 cm³/mol. The minimum Gasteiger partial charge on any atom is -0.420 e. The molecule has 0 aromatic rings. The van der Waals surface area contributed by atoms with E-state index in [4.69, 9.17) is 4.43 Å². The van der Waals surface area contributed by atoms with Crippen LogP contribution in [0.25, 0.3) is 0 Å². The van der Waals surface area contributed by atoms with Crippen molar-refractivity contribution in [1.29, 1.82) is 0 Å². The fraction of sp³-hybridized carbons (Fsp3) is 1.00. The molecule has 0 unspecified atom stereocenters. The Morgan fingerprint density at radius 2 is 1.83 bits per heavy atom. The molecule has 0 fully saturated rings. The van der Waals surface area contributed by atoms with E-state index in [9.17, 15) is 0 Å². The Morgan fingerprint density at radius 1 is 1.33 bits per heavy atom. The van der Waals surface area contributed by atoms with E-state index in [0.717, 1.165) is 11.9 Å². The third-order valence-electron chi connectivity index (χ3n) is 1.53. The second kappa shape index (κ2) is 4.93. The highest BCUT2D eigenvalue weighted by molar-refractivity contribution is 9.09. The van der Waals surface area contributed by atoms with Gasteiger partial charge in [-0.25, -0.2) is 0 Å². The largest absolute Gasteiger partial charge is 0.420 e. The molecule has 0 aromatic carbocycles. The van der Waals surface area contributed by atoms with Crippen LogP contribution in [-0.4, -0.2) is 28.8 Å². The van der Waals surface area contributed by atoms with Crippen LogP contribution < -0.4 is 0 Å². The van der Waals surface area contributed by atoms with Gasteiger partial charge in [0.2, 0.25) is 0 Å². The van der Waals surface area contributed by atoms with Crippen molar-refractivity contribution >= 4 is 32.8 Å². The summed E-state index contributed by atoms with van der Waals surface area (Å²) < 4.78 is 5.91. The van der Waals surface area contributed by atoms with Gasteiger partial charge in [0.15, 0.2) is 7.83 Å². The number of hydrogen-bond acceptors (Lipinski definition) is 1. The smallest absolute Gasteiger partial charge is 0.167 e. The molecule has 0 heterocycles. The normalized spacial score (nSPS) is 14.5. The molecular weight excluding hydrogens is 248 g/mol. The van der Waals surface area contributed by atoms with Gasteiger partial charge in [0.25, 0.3) is 0 Å². The summed E-state index contributed by atoms with van der Waals surface area (Å²) in [6, 6.07) is 0. The van der Waals surface area contributed by atoms with E-state index in [-0.39, 0.29) is 9.04 Å². The van der Waals surface area contributed by atoms with Crippen LogP contribution in [0.4, 0.5) is 0 Å². The van der Waals surface area contributed by atoms with Crippen molar-refractivity contribution in [2.24, 2.45) is 0 Å². The highest BCUT2D eigenvalue weighted by Crippen LogP contribution is 2.25. The molecule has 0 radical (unpaired) electrons. The van der Waals surface area contributed by atoms with Gasteiger partial charge in [-0.2, -0.15) is 0 Å². The SMILES string of the molecule is CC(C)(C)[SiH2][Si](C)(C)OCCBr.